The van der Waals surface area contributed by atoms with E-state index in [1.165, 1.54) is 12.1 Å². The minimum Gasteiger partial charge on any atom is -0.457 e. The topological polar surface area (TPSA) is 104 Å². The summed E-state index contributed by atoms with van der Waals surface area (Å²) in [6.07, 6.45) is 1.72. The van der Waals surface area contributed by atoms with E-state index in [0.29, 0.717) is 40.7 Å². The van der Waals surface area contributed by atoms with Gasteiger partial charge in [0.2, 0.25) is 0 Å². The zero-order valence-electron chi connectivity index (χ0n) is 21.6. The molecule has 2 aromatic heterocycles. The number of sulfone groups is 1. The Bertz CT molecular complexity index is 1460. The Balaban J connectivity index is 1.70. The third-order valence-electron chi connectivity index (χ3n) is 5.97. The maximum atomic E-state index is 12.1. The Hall–Kier alpha value is -3.05. The Morgan fingerprint density at radius 3 is 2.41 bits per heavy atom. The van der Waals surface area contributed by atoms with Crippen molar-refractivity contribution >= 4 is 28.9 Å². The maximum Gasteiger partial charge on any atom is 0.178 e. The van der Waals surface area contributed by atoms with Crippen LogP contribution in [0.3, 0.4) is 0 Å². The van der Waals surface area contributed by atoms with Crippen LogP contribution in [0.15, 0.2) is 65.7 Å². The van der Waals surface area contributed by atoms with Crippen molar-refractivity contribution < 1.29 is 23.0 Å². The Morgan fingerprint density at radius 2 is 1.78 bits per heavy atom. The van der Waals surface area contributed by atoms with Crippen LogP contribution in [-0.2, 0) is 27.9 Å². The number of aliphatic hydroxyl groups excluding tert-OH is 1. The molecule has 10 heteroatoms. The first-order valence-electron chi connectivity index (χ1n) is 12.2. The summed E-state index contributed by atoms with van der Waals surface area (Å²) in [5.74, 6) is 1.65. The number of benzene rings is 2. The summed E-state index contributed by atoms with van der Waals surface area (Å²) in [6.45, 7) is 9.26. The third kappa shape index (κ3) is 6.45. The first kappa shape index (κ1) is 27.0. The second-order valence-corrected chi connectivity index (χ2v) is 17.9. The van der Waals surface area contributed by atoms with Crippen LogP contribution in [0, 0.1) is 0 Å². The summed E-state index contributed by atoms with van der Waals surface area (Å²) in [7, 11) is -4.53. The highest BCUT2D eigenvalue weighted by Crippen LogP contribution is 2.32. The van der Waals surface area contributed by atoms with E-state index in [1.807, 2.05) is 22.8 Å². The highest BCUT2D eigenvalue weighted by molar-refractivity contribution is 7.91. The summed E-state index contributed by atoms with van der Waals surface area (Å²) in [4.78, 5) is 9.57. The summed E-state index contributed by atoms with van der Waals surface area (Å²) in [5, 5.41) is 10.2. The SMILES string of the molecule is CCS(=O)(=O)c1ccc(Oc2cc(CO)c3c(c2)nc(-c2ccccn2)n3COCC[Si](C)(C)C)cc1. The number of pyridine rings is 1. The first-order valence-corrected chi connectivity index (χ1v) is 17.6. The van der Waals surface area contributed by atoms with Gasteiger partial charge in [0.25, 0.3) is 0 Å². The minimum absolute atomic E-state index is 0.0346. The fourth-order valence-corrected chi connectivity index (χ4v) is 5.52. The molecule has 0 radical (unpaired) electrons. The van der Waals surface area contributed by atoms with Crippen LogP contribution in [-0.4, -0.2) is 48.5 Å². The zero-order chi connectivity index (χ0) is 26.6. The van der Waals surface area contributed by atoms with Crippen LogP contribution in [0.5, 0.6) is 11.5 Å². The molecule has 0 aliphatic rings. The second-order valence-electron chi connectivity index (χ2n) is 10.0. The third-order valence-corrected chi connectivity index (χ3v) is 9.43. The Morgan fingerprint density at radius 1 is 1.03 bits per heavy atom. The van der Waals surface area contributed by atoms with Crippen molar-refractivity contribution in [1.29, 1.82) is 0 Å². The molecule has 0 atom stereocenters. The lowest BCUT2D eigenvalue weighted by atomic mass is 10.2. The Kier molecular flexibility index (Phi) is 8.13. The van der Waals surface area contributed by atoms with Crippen LogP contribution in [0.2, 0.25) is 25.7 Å². The summed E-state index contributed by atoms with van der Waals surface area (Å²) < 4.78 is 38.2. The quantitative estimate of drug-likeness (QED) is 0.199. The predicted molar refractivity (Wildman–Crippen MR) is 147 cm³/mol. The lowest BCUT2D eigenvalue weighted by molar-refractivity contribution is 0.0907. The van der Waals surface area contributed by atoms with Crippen LogP contribution in [0.25, 0.3) is 22.6 Å². The number of rotatable bonds is 11. The van der Waals surface area contributed by atoms with E-state index < -0.39 is 17.9 Å². The maximum absolute atomic E-state index is 12.1. The molecule has 2 heterocycles. The molecule has 8 nitrogen and oxygen atoms in total. The molecule has 37 heavy (non-hydrogen) atoms. The van der Waals surface area contributed by atoms with E-state index >= 15 is 0 Å². The Labute approximate surface area is 218 Å². The minimum atomic E-state index is -3.29. The van der Waals surface area contributed by atoms with Crippen LogP contribution in [0.4, 0.5) is 0 Å². The van der Waals surface area contributed by atoms with E-state index in [9.17, 15) is 13.5 Å². The van der Waals surface area contributed by atoms with E-state index in [2.05, 4.69) is 24.6 Å². The molecule has 4 aromatic rings. The van der Waals surface area contributed by atoms with Crippen LogP contribution >= 0.6 is 0 Å². The molecule has 0 amide bonds. The number of hydrogen-bond donors (Lipinski definition) is 1. The van der Waals surface area contributed by atoms with Gasteiger partial charge in [0, 0.05) is 32.5 Å². The summed E-state index contributed by atoms with van der Waals surface area (Å²) in [6, 6.07) is 16.6. The zero-order valence-corrected chi connectivity index (χ0v) is 23.5. The molecule has 0 aliphatic heterocycles. The van der Waals surface area contributed by atoms with Crippen molar-refractivity contribution in [2.45, 2.75) is 50.8 Å². The molecule has 0 aliphatic carbocycles. The summed E-state index contributed by atoms with van der Waals surface area (Å²) in [5.41, 5.74) is 2.74. The molecule has 0 bridgehead atoms. The molecule has 0 unspecified atom stereocenters. The largest absolute Gasteiger partial charge is 0.457 e. The molecule has 0 spiro atoms. The molecule has 0 fully saturated rings. The van der Waals surface area contributed by atoms with Gasteiger partial charge in [-0.3, -0.25) is 9.55 Å². The number of ether oxygens (including phenoxy) is 2. The molecule has 0 saturated carbocycles. The van der Waals surface area contributed by atoms with Crippen molar-refractivity contribution in [2.24, 2.45) is 0 Å². The molecule has 196 valence electrons. The number of nitrogens with zero attached hydrogens (tertiary/aromatic N) is 3. The standard InChI is InChI=1S/C27H33N3O5SSi/c1-5-36(32,33)23-11-9-21(10-12-23)35-22-16-20(18-31)26-25(17-22)29-27(24-8-6-7-13-28-24)30(26)19-34-14-15-37(2,3)4/h6-13,16-17,31H,5,14-15,18-19H2,1-4H3. The number of imidazole rings is 1. The van der Waals surface area contributed by atoms with Crippen molar-refractivity contribution in [1.82, 2.24) is 14.5 Å². The predicted octanol–water partition coefficient (Wildman–Crippen LogP) is 5.49. The smallest absolute Gasteiger partial charge is 0.178 e. The molecular weight excluding hydrogens is 506 g/mol. The normalized spacial score (nSPS) is 12.2. The number of hydrogen-bond acceptors (Lipinski definition) is 7. The molecule has 1 N–H and O–H groups in total. The monoisotopic (exact) mass is 539 g/mol. The number of aromatic nitrogens is 3. The first-order chi connectivity index (χ1) is 17.6. The fourth-order valence-electron chi connectivity index (χ4n) is 3.87. The van der Waals surface area contributed by atoms with Gasteiger partial charge in [0.05, 0.1) is 28.3 Å². The average molecular weight is 540 g/mol. The van der Waals surface area contributed by atoms with Crippen molar-refractivity contribution in [2.75, 3.05) is 12.4 Å². The van der Waals surface area contributed by atoms with E-state index in [4.69, 9.17) is 14.5 Å². The van der Waals surface area contributed by atoms with Crippen molar-refractivity contribution in [3.8, 4) is 23.0 Å². The van der Waals surface area contributed by atoms with Crippen molar-refractivity contribution in [3.05, 3.63) is 66.4 Å². The van der Waals surface area contributed by atoms with Gasteiger partial charge in [0.1, 0.15) is 23.9 Å². The van der Waals surface area contributed by atoms with Gasteiger partial charge in [-0.1, -0.05) is 32.6 Å². The van der Waals surface area contributed by atoms with Gasteiger partial charge >= 0.3 is 0 Å². The van der Waals surface area contributed by atoms with Gasteiger partial charge in [-0.05, 0) is 48.5 Å². The van der Waals surface area contributed by atoms with Crippen molar-refractivity contribution in [3.63, 3.8) is 0 Å². The van der Waals surface area contributed by atoms with Gasteiger partial charge in [0.15, 0.2) is 15.7 Å². The number of aliphatic hydroxyl groups is 1. The van der Waals surface area contributed by atoms with Gasteiger partial charge in [-0.25, -0.2) is 13.4 Å². The van der Waals surface area contributed by atoms with Gasteiger partial charge < -0.3 is 14.6 Å². The fraction of sp³-hybridized carbons (Fsp3) is 0.333. The van der Waals surface area contributed by atoms with Gasteiger partial charge in [-0.15, -0.1) is 0 Å². The van der Waals surface area contributed by atoms with E-state index in [0.717, 1.165) is 11.6 Å². The summed E-state index contributed by atoms with van der Waals surface area (Å²) >= 11 is 0. The molecule has 0 saturated heterocycles. The second kappa shape index (κ2) is 11.1. The number of fused-ring (bicyclic) bond motifs is 1. The van der Waals surface area contributed by atoms with E-state index in [-0.39, 0.29) is 24.0 Å². The molecular formula is C27H33N3O5SSi. The highest BCUT2D eigenvalue weighted by Gasteiger charge is 2.19. The molecule has 4 rings (SSSR count). The lowest BCUT2D eigenvalue weighted by Gasteiger charge is -2.17. The van der Waals surface area contributed by atoms with Gasteiger partial charge in [-0.2, -0.15) is 0 Å². The van der Waals surface area contributed by atoms with E-state index in [1.54, 1.807) is 37.4 Å². The highest BCUT2D eigenvalue weighted by atomic mass is 32.2. The van der Waals surface area contributed by atoms with Crippen LogP contribution < -0.4 is 4.74 Å². The lowest BCUT2D eigenvalue weighted by Crippen LogP contribution is -2.22. The average Bonchev–Trinajstić information content (AvgIpc) is 3.25. The molecule has 2 aromatic carbocycles. The van der Waals surface area contributed by atoms with Crippen LogP contribution in [0.1, 0.15) is 12.5 Å².